The SMILES string of the molecule is CN1C(=O)/C(=C/C2=Cc3ccccc3OC2)SC1=Nc1cccc(O)c1. The smallest absolute Gasteiger partial charge is 0.266 e. The number of rotatable bonds is 2. The van der Waals surface area contributed by atoms with Crippen molar-refractivity contribution in [2.24, 2.45) is 4.99 Å². The summed E-state index contributed by atoms with van der Waals surface area (Å²) in [5.74, 6) is 0.889. The Balaban J connectivity index is 1.62. The predicted octanol–water partition coefficient (Wildman–Crippen LogP) is 3.94. The minimum absolute atomic E-state index is 0.103. The number of likely N-dealkylation sites (N-methyl/N-ethyl adjacent to an activating group) is 1. The van der Waals surface area contributed by atoms with Crippen molar-refractivity contribution in [3.63, 3.8) is 0 Å². The maximum Gasteiger partial charge on any atom is 0.266 e. The standard InChI is InChI=1S/C20H16N2O3S/c1-22-19(24)18(26-20(22)21-15-6-4-7-16(23)11-15)10-13-9-14-5-2-3-8-17(14)25-12-13/h2-11,23H,12H2,1H3/b18-10-,21-20?. The highest BCUT2D eigenvalue weighted by atomic mass is 32.2. The monoisotopic (exact) mass is 364 g/mol. The molecule has 0 saturated carbocycles. The third kappa shape index (κ3) is 3.23. The fourth-order valence-electron chi connectivity index (χ4n) is 2.71. The topological polar surface area (TPSA) is 62.1 Å². The fraction of sp³-hybridized carbons (Fsp3) is 0.100. The molecule has 4 rings (SSSR count). The van der Waals surface area contributed by atoms with E-state index >= 15 is 0 Å². The van der Waals surface area contributed by atoms with Gasteiger partial charge in [-0.1, -0.05) is 24.3 Å². The van der Waals surface area contributed by atoms with Gasteiger partial charge in [-0.2, -0.15) is 0 Å². The van der Waals surface area contributed by atoms with Crippen LogP contribution in [0.2, 0.25) is 0 Å². The first-order chi connectivity index (χ1) is 12.6. The Bertz CT molecular complexity index is 979. The molecule has 0 radical (unpaired) electrons. The molecule has 5 nitrogen and oxygen atoms in total. The number of carbonyl (C=O) groups is 1. The summed E-state index contributed by atoms with van der Waals surface area (Å²) in [6.07, 6.45) is 3.88. The summed E-state index contributed by atoms with van der Waals surface area (Å²) >= 11 is 1.31. The van der Waals surface area contributed by atoms with E-state index in [0.717, 1.165) is 16.9 Å². The van der Waals surface area contributed by atoms with Gasteiger partial charge in [0.15, 0.2) is 5.17 Å². The molecule has 2 aromatic carbocycles. The Hall–Kier alpha value is -2.99. The van der Waals surface area contributed by atoms with Crippen LogP contribution in [0.3, 0.4) is 0 Å². The first-order valence-corrected chi connectivity index (χ1v) is 8.89. The van der Waals surface area contributed by atoms with Gasteiger partial charge in [-0.05, 0) is 47.7 Å². The van der Waals surface area contributed by atoms with E-state index in [-0.39, 0.29) is 11.7 Å². The Labute approximate surface area is 155 Å². The van der Waals surface area contributed by atoms with Gasteiger partial charge in [0, 0.05) is 18.7 Å². The van der Waals surface area contributed by atoms with E-state index in [9.17, 15) is 9.90 Å². The van der Waals surface area contributed by atoms with Gasteiger partial charge in [0.2, 0.25) is 0 Å². The van der Waals surface area contributed by atoms with Crippen LogP contribution in [-0.2, 0) is 4.79 Å². The zero-order chi connectivity index (χ0) is 18.1. The number of amidine groups is 1. The maximum absolute atomic E-state index is 12.5. The molecule has 130 valence electrons. The van der Waals surface area contributed by atoms with E-state index in [0.29, 0.717) is 22.4 Å². The van der Waals surface area contributed by atoms with Gasteiger partial charge in [0.1, 0.15) is 18.1 Å². The lowest BCUT2D eigenvalue weighted by molar-refractivity contribution is -0.121. The number of phenols is 1. The van der Waals surface area contributed by atoms with Crippen LogP contribution < -0.4 is 4.74 Å². The van der Waals surface area contributed by atoms with Gasteiger partial charge in [0.25, 0.3) is 5.91 Å². The Morgan fingerprint density at radius 3 is 2.92 bits per heavy atom. The molecule has 2 aliphatic heterocycles. The van der Waals surface area contributed by atoms with Crippen molar-refractivity contribution >= 4 is 34.6 Å². The van der Waals surface area contributed by atoms with E-state index in [1.54, 1.807) is 31.3 Å². The second-order valence-electron chi connectivity index (χ2n) is 5.93. The molecular weight excluding hydrogens is 348 g/mol. The van der Waals surface area contributed by atoms with Crippen molar-refractivity contribution in [3.05, 3.63) is 70.6 Å². The van der Waals surface area contributed by atoms with Crippen LogP contribution in [0.5, 0.6) is 11.5 Å². The van der Waals surface area contributed by atoms with Crippen molar-refractivity contribution in [2.75, 3.05) is 13.7 Å². The number of ether oxygens (including phenoxy) is 1. The number of benzene rings is 2. The average molecular weight is 364 g/mol. The second-order valence-corrected chi connectivity index (χ2v) is 6.94. The quantitative estimate of drug-likeness (QED) is 0.820. The predicted molar refractivity (Wildman–Crippen MR) is 104 cm³/mol. The van der Waals surface area contributed by atoms with Gasteiger partial charge < -0.3 is 9.84 Å². The van der Waals surface area contributed by atoms with Crippen LogP contribution in [0.4, 0.5) is 5.69 Å². The molecular formula is C20H16N2O3S. The summed E-state index contributed by atoms with van der Waals surface area (Å²) in [6, 6.07) is 14.4. The third-order valence-electron chi connectivity index (χ3n) is 4.03. The van der Waals surface area contributed by atoms with E-state index < -0.39 is 0 Å². The number of carbonyl (C=O) groups excluding carboxylic acids is 1. The highest BCUT2D eigenvalue weighted by Gasteiger charge is 2.30. The number of fused-ring (bicyclic) bond motifs is 1. The molecule has 2 aromatic rings. The largest absolute Gasteiger partial charge is 0.508 e. The molecule has 0 aliphatic carbocycles. The molecule has 0 bridgehead atoms. The van der Waals surface area contributed by atoms with E-state index in [1.807, 2.05) is 36.4 Å². The van der Waals surface area contributed by atoms with E-state index in [4.69, 9.17) is 4.74 Å². The molecule has 1 fully saturated rings. The zero-order valence-electron chi connectivity index (χ0n) is 14.0. The highest BCUT2D eigenvalue weighted by Crippen LogP contribution is 2.34. The highest BCUT2D eigenvalue weighted by molar-refractivity contribution is 8.18. The van der Waals surface area contributed by atoms with Gasteiger partial charge in [-0.3, -0.25) is 9.69 Å². The summed E-state index contributed by atoms with van der Waals surface area (Å²) in [5, 5.41) is 10.1. The normalized spacial score (nSPS) is 19.5. The molecule has 0 spiro atoms. The molecule has 1 saturated heterocycles. The molecule has 2 heterocycles. The lowest BCUT2D eigenvalue weighted by atomic mass is 10.1. The van der Waals surface area contributed by atoms with Gasteiger partial charge in [0.05, 0.1) is 10.6 Å². The molecule has 1 amide bonds. The van der Waals surface area contributed by atoms with Crippen LogP contribution in [0, 0.1) is 0 Å². The molecule has 0 unspecified atom stereocenters. The second kappa shape index (κ2) is 6.72. The Morgan fingerprint density at radius 2 is 2.08 bits per heavy atom. The minimum atomic E-state index is -0.103. The first kappa shape index (κ1) is 16.5. The van der Waals surface area contributed by atoms with E-state index in [2.05, 4.69) is 4.99 Å². The zero-order valence-corrected chi connectivity index (χ0v) is 14.9. The van der Waals surface area contributed by atoms with Gasteiger partial charge >= 0.3 is 0 Å². The Morgan fingerprint density at radius 1 is 1.23 bits per heavy atom. The van der Waals surface area contributed by atoms with Crippen LogP contribution in [0.25, 0.3) is 6.08 Å². The van der Waals surface area contributed by atoms with Crippen LogP contribution in [0.15, 0.2) is 70.1 Å². The number of amides is 1. The minimum Gasteiger partial charge on any atom is -0.508 e. The molecule has 1 N–H and O–H groups in total. The summed E-state index contributed by atoms with van der Waals surface area (Å²) in [6.45, 7) is 0.428. The Kier molecular flexibility index (Phi) is 4.26. The number of hydrogen-bond acceptors (Lipinski definition) is 5. The number of thioether (sulfide) groups is 1. The van der Waals surface area contributed by atoms with E-state index in [1.165, 1.54) is 16.7 Å². The molecule has 0 aromatic heterocycles. The lowest BCUT2D eigenvalue weighted by Crippen LogP contribution is -2.23. The van der Waals surface area contributed by atoms with Crippen LogP contribution in [-0.4, -0.2) is 34.7 Å². The molecule has 6 heteroatoms. The first-order valence-electron chi connectivity index (χ1n) is 8.08. The van der Waals surface area contributed by atoms with Crippen molar-refractivity contribution in [2.45, 2.75) is 0 Å². The van der Waals surface area contributed by atoms with Crippen LogP contribution >= 0.6 is 11.8 Å². The summed E-state index contributed by atoms with van der Waals surface area (Å²) < 4.78 is 5.74. The van der Waals surface area contributed by atoms with Gasteiger partial charge in [-0.15, -0.1) is 0 Å². The van der Waals surface area contributed by atoms with Gasteiger partial charge in [-0.25, -0.2) is 4.99 Å². The molecule has 0 atom stereocenters. The fourth-order valence-corrected chi connectivity index (χ4v) is 3.71. The summed E-state index contributed by atoms with van der Waals surface area (Å²) in [7, 11) is 1.69. The number of aromatic hydroxyl groups is 1. The van der Waals surface area contributed by atoms with Crippen LogP contribution in [0.1, 0.15) is 5.56 Å². The number of phenolic OH excluding ortho intramolecular Hbond substituents is 1. The summed E-state index contributed by atoms with van der Waals surface area (Å²) in [4.78, 5) is 19.1. The number of nitrogens with zero attached hydrogens (tertiary/aromatic N) is 2. The number of para-hydroxylation sites is 1. The van der Waals surface area contributed by atoms with Crippen molar-refractivity contribution in [3.8, 4) is 11.5 Å². The van der Waals surface area contributed by atoms with Crippen molar-refractivity contribution < 1.29 is 14.6 Å². The third-order valence-corrected chi connectivity index (χ3v) is 5.09. The van der Waals surface area contributed by atoms with Crippen molar-refractivity contribution in [1.29, 1.82) is 0 Å². The average Bonchev–Trinajstić information content (AvgIpc) is 2.90. The summed E-state index contributed by atoms with van der Waals surface area (Å²) in [5.41, 5.74) is 2.54. The van der Waals surface area contributed by atoms with Crippen molar-refractivity contribution in [1.82, 2.24) is 4.90 Å². The number of hydrogen-bond donors (Lipinski definition) is 1. The molecule has 2 aliphatic rings. The molecule has 26 heavy (non-hydrogen) atoms. The lowest BCUT2D eigenvalue weighted by Gasteiger charge is -2.15. The number of aliphatic imine (C=N–C) groups is 1. The maximum atomic E-state index is 12.5.